The van der Waals surface area contributed by atoms with E-state index in [2.05, 4.69) is 44.1 Å². The maximum Gasteiger partial charge on any atom is 0.187 e. The van der Waals surface area contributed by atoms with Crippen LogP contribution in [0.3, 0.4) is 0 Å². The molecular formula is C20H22N2O2. The molecule has 124 valence electrons. The molecule has 0 spiro atoms. The molecule has 0 heterocycles. The van der Waals surface area contributed by atoms with Crippen LogP contribution in [-0.4, -0.2) is 12.8 Å². The van der Waals surface area contributed by atoms with Crippen molar-refractivity contribution >= 4 is 5.71 Å². The van der Waals surface area contributed by atoms with Gasteiger partial charge < -0.3 is 9.57 Å². The van der Waals surface area contributed by atoms with Crippen molar-refractivity contribution in [3.8, 4) is 11.8 Å². The fourth-order valence-corrected chi connectivity index (χ4v) is 2.45. The van der Waals surface area contributed by atoms with E-state index >= 15 is 0 Å². The summed E-state index contributed by atoms with van der Waals surface area (Å²) in [6, 6.07) is 15.9. The first-order valence-electron chi connectivity index (χ1n) is 7.89. The summed E-state index contributed by atoms with van der Waals surface area (Å²) < 4.78 is 5.97. The minimum atomic E-state index is 0.240. The smallest absolute Gasteiger partial charge is 0.187 e. The fourth-order valence-electron chi connectivity index (χ4n) is 2.45. The molecule has 0 saturated heterocycles. The second kappa shape index (κ2) is 8.16. The zero-order chi connectivity index (χ0) is 17.5. The van der Waals surface area contributed by atoms with Crippen LogP contribution in [0, 0.1) is 18.3 Å². The maximum absolute atomic E-state index is 9.25. The van der Waals surface area contributed by atoms with Crippen LogP contribution in [0.5, 0.6) is 5.75 Å². The molecule has 0 aliphatic rings. The van der Waals surface area contributed by atoms with Gasteiger partial charge in [-0.15, -0.1) is 0 Å². The predicted octanol–water partition coefficient (Wildman–Crippen LogP) is 4.57. The zero-order valence-corrected chi connectivity index (χ0v) is 14.5. The van der Waals surface area contributed by atoms with Crippen LogP contribution in [0.2, 0.25) is 0 Å². The molecule has 0 bridgehead atoms. The van der Waals surface area contributed by atoms with Crippen molar-refractivity contribution in [1.82, 2.24) is 0 Å². The van der Waals surface area contributed by atoms with Crippen molar-refractivity contribution in [2.24, 2.45) is 5.16 Å². The minimum Gasteiger partial charge on any atom is -0.489 e. The van der Waals surface area contributed by atoms with E-state index in [-0.39, 0.29) is 5.71 Å². The Bertz CT molecular complexity index is 773. The summed E-state index contributed by atoms with van der Waals surface area (Å²) in [6.45, 7) is 6.75. The lowest BCUT2D eigenvalue weighted by molar-refractivity contribution is 0.214. The largest absolute Gasteiger partial charge is 0.489 e. The van der Waals surface area contributed by atoms with E-state index in [1.807, 2.05) is 30.3 Å². The molecule has 0 aliphatic carbocycles. The highest BCUT2D eigenvalue weighted by Crippen LogP contribution is 2.24. The van der Waals surface area contributed by atoms with Crippen LogP contribution in [0.25, 0.3) is 0 Å². The SMILES string of the molecule is CO/N=C(/C#N)c1ccccc1COc1cc(C)cc(C(C)C)c1. The van der Waals surface area contributed by atoms with Gasteiger partial charge in [0, 0.05) is 5.56 Å². The second-order valence-corrected chi connectivity index (χ2v) is 5.91. The topological polar surface area (TPSA) is 54.6 Å². The molecule has 0 aromatic heterocycles. The Hall–Kier alpha value is -2.80. The van der Waals surface area contributed by atoms with Gasteiger partial charge in [0.25, 0.3) is 0 Å². The summed E-state index contributed by atoms with van der Waals surface area (Å²) in [5.74, 6) is 1.27. The van der Waals surface area contributed by atoms with E-state index in [1.165, 1.54) is 18.2 Å². The molecule has 0 aliphatic heterocycles. The summed E-state index contributed by atoms with van der Waals surface area (Å²) in [5.41, 5.74) is 4.27. The molecule has 24 heavy (non-hydrogen) atoms. The van der Waals surface area contributed by atoms with Crippen LogP contribution >= 0.6 is 0 Å². The Morgan fingerprint density at radius 2 is 1.96 bits per heavy atom. The third kappa shape index (κ3) is 4.36. The fraction of sp³-hybridized carbons (Fsp3) is 0.300. The number of ether oxygens (including phenoxy) is 1. The van der Waals surface area contributed by atoms with Crippen LogP contribution in [-0.2, 0) is 11.4 Å². The predicted molar refractivity (Wildman–Crippen MR) is 95.2 cm³/mol. The van der Waals surface area contributed by atoms with E-state index in [9.17, 15) is 5.26 Å². The van der Waals surface area contributed by atoms with Crippen LogP contribution in [0.4, 0.5) is 0 Å². The number of hydrogen-bond acceptors (Lipinski definition) is 4. The normalized spacial score (nSPS) is 11.2. The van der Waals surface area contributed by atoms with Gasteiger partial charge >= 0.3 is 0 Å². The van der Waals surface area contributed by atoms with Crippen molar-refractivity contribution in [1.29, 1.82) is 5.26 Å². The van der Waals surface area contributed by atoms with Crippen LogP contribution < -0.4 is 4.74 Å². The van der Waals surface area contributed by atoms with Gasteiger partial charge in [-0.2, -0.15) is 5.26 Å². The Labute approximate surface area is 143 Å². The first-order valence-corrected chi connectivity index (χ1v) is 7.89. The summed E-state index contributed by atoms with van der Waals surface area (Å²) in [4.78, 5) is 4.75. The Kier molecular flexibility index (Phi) is 5.97. The number of aryl methyl sites for hydroxylation is 1. The monoisotopic (exact) mass is 322 g/mol. The van der Waals surface area contributed by atoms with Gasteiger partial charge in [-0.05, 0) is 41.7 Å². The molecular weight excluding hydrogens is 300 g/mol. The molecule has 0 N–H and O–H groups in total. The van der Waals surface area contributed by atoms with Crippen molar-refractivity contribution in [3.05, 3.63) is 64.7 Å². The first kappa shape index (κ1) is 17.6. The van der Waals surface area contributed by atoms with Gasteiger partial charge in [0.15, 0.2) is 5.71 Å². The van der Waals surface area contributed by atoms with Crippen molar-refractivity contribution < 1.29 is 9.57 Å². The second-order valence-electron chi connectivity index (χ2n) is 5.91. The summed E-state index contributed by atoms with van der Waals surface area (Å²) in [7, 11) is 1.43. The highest BCUT2D eigenvalue weighted by Gasteiger charge is 2.11. The zero-order valence-electron chi connectivity index (χ0n) is 14.5. The van der Waals surface area contributed by atoms with Crippen LogP contribution in [0.15, 0.2) is 47.6 Å². The third-order valence-electron chi connectivity index (χ3n) is 3.70. The number of benzene rings is 2. The number of hydrogen-bond donors (Lipinski definition) is 0. The Morgan fingerprint density at radius 3 is 2.62 bits per heavy atom. The number of oxime groups is 1. The highest BCUT2D eigenvalue weighted by molar-refractivity contribution is 6.12. The maximum atomic E-state index is 9.25. The van der Waals surface area contributed by atoms with E-state index in [4.69, 9.17) is 9.57 Å². The molecule has 0 atom stereocenters. The molecule has 2 aromatic carbocycles. The molecule has 0 amide bonds. The van der Waals surface area contributed by atoms with Gasteiger partial charge in [0.1, 0.15) is 25.5 Å². The third-order valence-corrected chi connectivity index (χ3v) is 3.70. The molecule has 4 nitrogen and oxygen atoms in total. The summed E-state index contributed by atoms with van der Waals surface area (Å²) in [6.07, 6.45) is 0. The average molecular weight is 322 g/mol. The molecule has 0 saturated carbocycles. The number of nitriles is 1. The molecule has 2 aromatic rings. The van der Waals surface area contributed by atoms with Crippen LogP contribution in [0.1, 0.15) is 42.0 Å². The van der Waals surface area contributed by atoms with Crippen molar-refractivity contribution in [2.75, 3.05) is 7.11 Å². The molecule has 0 fully saturated rings. The Balaban J connectivity index is 2.25. The van der Waals surface area contributed by atoms with E-state index in [0.29, 0.717) is 12.5 Å². The molecule has 0 unspecified atom stereocenters. The van der Waals surface area contributed by atoms with Gasteiger partial charge in [-0.25, -0.2) is 0 Å². The van der Waals surface area contributed by atoms with Gasteiger partial charge in [0.05, 0.1) is 0 Å². The lowest BCUT2D eigenvalue weighted by Crippen LogP contribution is -2.06. The molecule has 4 heteroatoms. The number of rotatable bonds is 6. The summed E-state index contributed by atoms with van der Waals surface area (Å²) in [5, 5.41) is 13.0. The van der Waals surface area contributed by atoms with Gasteiger partial charge in [0.2, 0.25) is 0 Å². The minimum absolute atomic E-state index is 0.240. The highest BCUT2D eigenvalue weighted by atomic mass is 16.6. The quantitative estimate of drug-likeness (QED) is 0.578. The standard InChI is InChI=1S/C20H22N2O2/c1-14(2)17-9-15(3)10-18(11-17)24-13-16-7-5-6-8-19(16)20(12-21)22-23-4/h5-11,14H,13H2,1-4H3/b22-20-. The van der Waals surface area contributed by atoms with Gasteiger partial charge in [-0.3, -0.25) is 0 Å². The lowest BCUT2D eigenvalue weighted by Gasteiger charge is -2.13. The van der Waals surface area contributed by atoms with E-state index in [1.54, 1.807) is 0 Å². The Morgan fingerprint density at radius 1 is 1.21 bits per heavy atom. The van der Waals surface area contributed by atoms with Crippen molar-refractivity contribution in [3.63, 3.8) is 0 Å². The van der Waals surface area contributed by atoms with Gasteiger partial charge in [-0.1, -0.05) is 49.3 Å². The molecule has 2 rings (SSSR count). The lowest BCUT2D eigenvalue weighted by atomic mass is 10.0. The average Bonchev–Trinajstić information content (AvgIpc) is 2.57. The van der Waals surface area contributed by atoms with Crippen molar-refractivity contribution in [2.45, 2.75) is 33.3 Å². The van der Waals surface area contributed by atoms with E-state index in [0.717, 1.165) is 16.9 Å². The number of nitrogens with zero attached hydrogens (tertiary/aromatic N) is 2. The first-order chi connectivity index (χ1) is 11.5. The molecule has 0 radical (unpaired) electrons. The summed E-state index contributed by atoms with van der Waals surface area (Å²) >= 11 is 0. The van der Waals surface area contributed by atoms with E-state index < -0.39 is 0 Å².